The van der Waals surface area contributed by atoms with Gasteiger partial charge in [0.05, 0.1) is 0 Å². The average Bonchev–Trinajstić information content (AvgIpc) is 1.84. The molecule has 1 fully saturated rings. The SMILES string of the molecule is C[B-]1(C)[P+](C)(C)[B-](C)(C)[P+]1(C)C. The molecule has 0 atom stereocenters. The third kappa shape index (κ3) is 0.802. The molecule has 4 heteroatoms. The fraction of sp³-hybridized carbons (Fsp3) is 1.00. The Morgan fingerprint density at radius 1 is 0.583 bits per heavy atom. The third-order valence-electron chi connectivity index (χ3n) is 6.51. The van der Waals surface area contributed by atoms with Gasteiger partial charge in [-0.15, -0.1) is 27.3 Å². The molecule has 1 aliphatic rings. The van der Waals surface area contributed by atoms with Crippen LogP contribution >= 0.6 is 14.0 Å². The van der Waals surface area contributed by atoms with Crippen LogP contribution in [0.2, 0.25) is 27.3 Å². The highest BCUT2D eigenvalue weighted by Gasteiger charge is 2.73. The largest absolute Gasteiger partial charge is 0.245 e. The van der Waals surface area contributed by atoms with Gasteiger partial charge in [0.1, 0.15) is 0 Å². The number of hydrogen-bond donors (Lipinski definition) is 0. The van der Waals surface area contributed by atoms with Crippen molar-refractivity contribution in [1.82, 2.24) is 0 Å². The Morgan fingerprint density at radius 3 is 0.833 bits per heavy atom. The summed E-state index contributed by atoms with van der Waals surface area (Å²) in [4.78, 5) is 0. The van der Waals surface area contributed by atoms with Crippen molar-refractivity contribution in [3.63, 3.8) is 0 Å². The topological polar surface area (TPSA) is 0 Å². The quantitative estimate of drug-likeness (QED) is 0.413. The summed E-state index contributed by atoms with van der Waals surface area (Å²) in [5.41, 5.74) is 0.0556. The van der Waals surface area contributed by atoms with Gasteiger partial charge in [-0.2, -0.15) is 0 Å². The molecular weight excluding hydrogens is 180 g/mol. The zero-order valence-electron chi connectivity index (χ0n) is 10.0. The van der Waals surface area contributed by atoms with Gasteiger partial charge in [-0.1, -0.05) is 0 Å². The van der Waals surface area contributed by atoms with Gasteiger partial charge in [0.15, 0.2) is 0 Å². The predicted octanol–water partition coefficient (Wildman–Crippen LogP) is 3.96. The molecule has 72 valence electrons. The normalized spacial score (nSPS) is 34.0. The highest BCUT2D eigenvalue weighted by molar-refractivity contribution is 8.76. The molecule has 0 aliphatic carbocycles. The lowest BCUT2D eigenvalue weighted by atomic mass is 9.74. The molecule has 0 unspecified atom stereocenters. The summed E-state index contributed by atoms with van der Waals surface area (Å²) in [6.45, 7) is 20.7. The van der Waals surface area contributed by atoms with Crippen LogP contribution in [0.4, 0.5) is 0 Å². The second kappa shape index (κ2) is 2.32. The minimum absolute atomic E-state index is 0.0278. The first-order valence-corrected chi connectivity index (χ1v) is 10.8. The summed E-state index contributed by atoms with van der Waals surface area (Å²) >= 11 is 0. The molecular formula is C8H24B2P2. The number of rotatable bonds is 0. The van der Waals surface area contributed by atoms with Gasteiger partial charge in [0.25, 0.3) is 0 Å². The molecule has 1 rings (SSSR count). The van der Waals surface area contributed by atoms with Gasteiger partial charge in [-0.05, 0) is 26.7 Å². The minimum atomic E-state index is -0.569. The second-order valence-electron chi connectivity index (χ2n) is 6.71. The average molecular weight is 204 g/mol. The molecule has 0 aromatic heterocycles. The number of hydrogen-bond acceptors (Lipinski definition) is 0. The highest BCUT2D eigenvalue weighted by atomic mass is 31.3. The molecule has 0 spiro atoms. The first-order chi connectivity index (χ1) is 5.00. The van der Waals surface area contributed by atoms with Gasteiger partial charge in [0, 0.05) is 0 Å². The Labute approximate surface area is 79.6 Å². The predicted molar refractivity (Wildman–Crippen MR) is 72.5 cm³/mol. The van der Waals surface area contributed by atoms with Crippen molar-refractivity contribution in [2.24, 2.45) is 0 Å². The zero-order chi connectivity index (χ0) is 10.0. The van der Waals surface area contributed by atoms with E-state index in [9.17, 15) is 0 Å². The Kier molecular flexibility index (Phi) is 2.14. The summed E-state index contributed by atoms with van der Waals surface area (Å²) in [7, 11) is -1.14. The van der Waals surface area contributed by atoms with Crippen molar-refractivity contribution < 1.29 is 0 Å². The molecule has 0 radical (unpaired) electrons. The maximum atomic E-state index is 2.60. The van der Waals surface area contributed by atoms with Crippen molar-refractivity contribution in [2.45, 2.75) is 27.3 Å². The molecule has 1 heterocycles. The van der Waals surface area contributed by atoms with E-state index in [0.717, 1.165) is 0 Å². The van der Waals surface area contributed by atoms with Crippen LogP contribution in [0.1, 0.15) is 0 Å². The van der Waals surface area contributed by atoms with Crippen molar-refractivity contribution in [3.05, 3.63) is 0 Å². The first-order valence-electron chi connectivity index (χ1n) is 5.13. The van der Waals surface area contributed by atoms with Crippen molar-refractivity contribution in [2.75, 3.05) is 26.7 Å². The lowest BCUT2D eigenvalue weighted by molar-refractivity contribution is 1.87. The molecule has 0 N–H and O–H groups in total. The molecule has 1 saturated heterocycles. The van der Waals surface area contributed by atoms with Crippen LogP contribution in [0.25, 0.3) is 0 Å². The first kappa shape index (κ1) is 11.1. The Bertz CT molecular complexity index is 155. The van der Waals surface area contributed by atoms with Crippen LogP contribution in [-0.2, 0) is 0 Å². The van der Waals surface area contributed by atoms with Crippen molar-refractivity contribution in [3.8, 4) is 0 Å². The lowest BCUT2D eigenvalue weighted by Crippen LogP contribution is -2.61. The summed E-state index contributed by atoms with van der Waals surface area (Å²) in [5, 5.41) is 0. The minimum Gasteiger partial charge on any atom is -0.245 e. The fourth-order valence-corrected chi connectivity index (χ4v) is 22.1. The molecule has 0 aromatic rings. The van der Waals surface area contributed by atoms with Gasteiger partial charge < -0.3 is 0 Å². The standard InChI is InChI=1S/C8H24B2P2/c1-9(2)11(5,6)10(3,4)12(9,7)8/h1-8H3. The molecule has 0 aromatic carbocycles. The van der Waals surface area contributed by atoms with Crippen LogP contribution in [0, 0.1) is 0 Å². The third-order valence-corrected chi connectivity index (χ3v) is 26.7. The molecule has 0 amide bonds. The summed E-state index contributed by atoms with van der Waals surface area (Å²) < 4.78 is 0. The van der Waals surface area contributed by atoms with Crippen LogP contribution < -0.4 is 0 Å². The summed E-state index contributed by atoms with van der Waals surface area (Å²) in [5.74, 6) is 0. The maximum Gasteiger partial charge on any atom is 0.237 e. The monoisotopic (exact) mass is 204 g/mol. The summed E-state index contributed by atoms with van der Waals surface area (Å²) in [6, 6.07) is 0. The molecule has 0 saturated carbocycles. The van der Waals surface area contributed by atoms with Gasteiger partial charge in [0.2, 0.25) is 11.2 Å². The van der Waals surface area contributed by atoms with Crippen LogP contribution in [0.3, 0.4) is 0 Å². The summed E-state index contributed by atoms with van der Waals surface area (Å²) in [6.07, 6.45) is 0. The molecule has 0 bridgehead atoms. The Morgan fingerprint density at radius 2 is 0.750 bits per heavy atom. The smallest absolute Gasteiger partial charge is 0.237 e. The van der Waals surface area contributed by atoms with Crippen LogP contribution in [0.5, 0.6) is 0 Å². The second-order valence-corrected chi connectivity index (χ2v) is 19.2. The Balaban J connectivity index is 3.16. The van der Waals surface area contributed by atoms with E-state index in [4.69, 9.17) is 0 Å². The van der Waals surface area contributed by atoms with Crippen molar-refractivity contribution in [1.29, 1.82) is 0 Å². The van der Waals surface area contributed by atoms with E-state index in [2.05, 4.69) is 54.0 Å². The van der Waals surface area contributed by atoms with E-state index in [-0.39, 0.29) is 11.2 Å². The zero-order valence-corrected chi connectivity index (χ0v) is 11.8. The molecule has 12 heavy (non-hydrogen) atoms. The van der Waals surface area contributed by atoms with E-state index in [1.165, 1.54) is 0 Å². The lowest BCUT2D eigenvalue weighted by Gasteiger charge is -2.76. The van der Waals surface area contributed by atoms with Gasteiger partial charge in [-0.25, -0.2) is 14.0 Å². The van der Waals surface area contributed by atoms with Crippen molar-refractivity contribution >= 4 is 25.2 Å². The van der Waals surface area contributed by atoms with Crippen LogP contribution in [-0.4, -0.2) is 37.8 Å². The van der Waals surface area contributed by atoms with E-state index in [1.807, 2.05) is 0 Å². The van der Waals surface area contributed by atoms with E-state index >= 15 is 0 Å². The van der Waals surface area contributed by atoms with E-state index in [1.54, 1.807) is 0 Å². The Hall–Kier alpha value is 0.990. The maximum absolute atomic E-state index is 2.60. The molecule has 0 nitrogen and oxygen atoms in total. The van der Waals surface area contributed by atoms with Gasteiger partial charge in [-0.3, -0.25) is 0 Å². The fourth-order valence-electron chi connectivity index (χ4n) is 3.25. The van der Waals surface area contributed by atoms with Gasteiger partial charge >= 0.3 is 0 Å². The highest BCUT2D eigenvalue weighted by Crippen LogP contribution is 3.00. The van der Waals surface area contributed by atoms with E-state index < -0.39 is 14.0 Å². The van der Waals surface area contributed by atoms with E-state index in [0.29, 0.717) is 0 Å². The molecule has 1 aliphatic heterocycles. The van der Waals surface area contributed by atoms with Crippen LogP contribution in [0.15, 0.2) is 0 Å².